The Kier molecular flexibility index (Phi) is 6.58. The van der Waals surface area contributed by atoms with Gasteiger partial charge in [-0.15, -0.1) is 11.3 Å². The third kappa shape index (κ3) is 4.20. The number of nitrogens with one attached hydrogen (secondary N) is 1. The molecule has 5 nitrogen and oxygen atoms in total. The van der Waals surface area contributed by atoms with Crippen molar-refractivity contribution in [3.63, 3.8) is 0 Å². The van der Waals surface area contributed by atoms with Crippen LogP contribution in [0.2, 0.25) is 0 Å². The Balaban J connectivity index is 2.37. The van der Waals surface area contributed by atoms with Crippen molar-refractivity contribution in [1.82, 2.24) is 0 Å². The topological polar surface area (TPSA) is 64.6 Å². The lowest BCUT2D eigenvalue weighted by Crippen LogP contribution is -2.16. The zero-order valence-electron chi connectivity index (χ0n) is 15.0. The van der Waals surface area contributed by atoms with Crippen LogP contribution in [0.1, 0.15) is 51.9 Å². The van der Waals surface area contributed by atoms with E-state index in [4.69, 9.17) is 9.47 Å². The van der Waals surface area contributed by atoms with Gasteiger partial charge in [-0.1, -0.05) is 19.1 Å². The van der Waals surface area contributed by atoms with Crippen molar-refractivity contribution in [2.24, 2.45) is 0 Å². The molecule has 1 amide bonds. The van der Waals surface area contributed by atoms with Crippen LogP contribution < -0.4 is 10.1 Å². The minimum atomic E-state index is -0.405. The number of hydrogen-bond donors (Lipinski definition) is 1. The van der Waals surface area contributed by atoms with E-state index in [1.807, 2.05) is 26.8 Å². The maximum atomic E-state index is 12.7. The van der Waals surface area contributed by atoms with E-state index in [-0.39, 0.29) is 12.5 Å². The predicted octanol–water partition coefficient (Wildman–Crippen LogP) is 4.45. The lowest BCUT2D eigenvalue weighted by molar-refractivity contribution is 0.0527. The third-order valence-corrected chi connectivity index (χ3v) is 4.76. The first-order valence-corrected chi connectivity index (χ1v) is 9.17. The van der Waals surface area contributed by atoms with Gasteiger partial charge in [-0.05, 0) is 44.9 Å². The number of benzene rings is 1. The first-order chi connectivity index (χ1) is 12.0. The molecule has 0 aliphatic heterocycles. The average molecular weight is 361 g/mol. The quantitative estimate of drug-likeness (QED) is 0.740. The molecule has 0 spiro atoms. The van der Waals surface area contributed by atoms with Gasteiger partial charge in [0.25, 0.3) is 5.91 Å². The van der Waals surface area contributed by atoms with E-state index in [1.165, 1.54) is 11.3 Å². The van der Waals surface area contributed by atoms with Gasteiger partial charge in [-0.25, -0.2) is 4.79 Å². The van der Waals surface area contributed by atoms with Gasteiger partial charge in [0.15, 0.2) is 0 Å². The van der Waals surface area contributed by atoms with E-state index >= 15 is 0 Å². The number of aryl methyl sites for hydroxylation is 1. The van der Waals surface area contributed by atoms with E-state index in [9.17, 15) is 9.59 Å². The number of carbonyl (C=O) groups excluding carboxylic acids is 2. The summed E-state index contributed by atoms with van der Waals surface area (Å²) in [6.45, 7) is 8.31. The highest BCUT2D eigenvalue weighted by atomic mass is 32.1. The zero-order valence-corrected chi connectivity index (χ0v) is 15.8. The van der Waals surface area contributed by atoms with Crippen LogP contribution >= 0.6 is 11.3 Å². The number of hydrogen-bond acceptors (Lipinski definition) is 5. The van der Waals surface area contributed by atoms with Crippen LogP contribution in [-0.4, -0.2) is 25.1 Å². The molecule has 0 atom stereocenters. The molecule has 0 unspecified atom stereocenters. The summed E-state index contributed by atoms with van der Waals surface area (Å²) in [4.78, 5) is 26.1. The fourth-order valence-electron chi connectivity index (χ4n) is 2.62. The van der Waals surface area contributed by atoms with E-state index in [2.05, 4.69) is 5.32 Å². The Morgan fingerprint density at radius 2 is 1.84 bits per heavy atom. The summed E-state index contributed by atoms with van der Waals surface area (Å²) >= 11 is 1.39. The Morgan fingerprint density at radius 3 is 2.48 bits per heavy atom. The number of thiophene rings is 1. The van der Waals surface area contributed by atoms with E-state index < -0.39 is 5.97 Å². The molecule has 2 rings (SSSR count). The zero-order chi connectivity index (χ0) is 18.4. The molecule has 0 aliphatic carbocycles. The van der Waals surface area contributed by atoms with Crippen molar-refractivity contribution in [1.29, 1.82) is 0 Å². The largest absolute Gasteiger partial charge is 0.493 e. The maximum Gasteiger partial charge on any atom is 0.341 e. The van der Waals surface area contributed by atoms with Gasteiger partial charge in [0.1, 0.15) is 10.8 Å². The second kappa shape index (κ2) is 8.67. The van der Waals surface area contributed by atoms with Crippen LogP contribution in [0.4, 0.5) is 5.00 Å². The number of carbonyl (C=O) groups is 2. The fourth-order valence-corrected chi connectivity index (χ4v) is 3.75. The number of amides is 1. The summed E-state index contributed by atoms with van der Waals surface area (Å²) in [6.07, 6.45) is 0.696. The summed E-state index contributed by atoms with van der Waals surface area (Å²) in [5.41, 5.74) is 1.80. The maximum absolute atomic E-state index is 12.7. The second-order valence-corrected chi connectivity index (χ2v) is 6.52. The molecule has 0 bridgehead atoms. The number of anilines is 1. The summed E-state index contributed by atoms with van der Waals surface area (Å²) in [6, 6.07) is 7.05. The molecule has 0 fully saturated rings. The molecule has 1 aromatic heterocycles. The lowest BCUT2D eigenvalue weighted by Gasteiger charge is -2.11. The molecule has 0 saturated carbocycles. The second-order valence-electron chi connectivity index (χ2n) is 5.30. The Morgan fingerprint density at radius 1 is 1.12 bits per heavy atom. The Labute approximate surface area is 152 Å². The van der Waals surface area contributed by atoms with Crippen molar-refractivity contribution in [3.05, 3.63) is 45.8 Å². The molecule has 25 heavy (non-hydrogen) atoms. The van der Waals surface area contributed by atoms with Crippen LogP contribution in [-0.2, 0) is 11.2 Å². The first-order valence-electron chi connectivity index (χ1n) is 8.35. The van der Waals surface area contributed by atoms with Gasteiger partial charge in [-0.2, -0.15) is 0 Å². The fraction of sp³-hybridized carbons (Fsp3) is 0.368. The molecule has 0 aliphatic rings. The lowest BCUT2D eigenvalue weighted by atomic mass is 10.1. The van der Waals surface area contributed by atoms with Crippen LogP contribution in [0.3, 0.4) is 0 Å². The molecule has 1 N–H and O–H groups in total. The molecular formula is C19H23NO4S. The third-order valence-electron chi connectivity index (χ3n) is 3.70. The van der Waals surface area contributed by atoms with Crippen molar-refractivity contribution >= 4 is 28.2 Å². The highest BCUT2D eigenvalue weighted by molar-refractivity contribution is 7.16. The molecule has 0 saturated heterocycles. The molecule has 1 aromatic carbocycles. The smallest absolute Gasteiger partial charge is 0.341 e. The first kappa shape index (κ1) is 19.0. The standard InChI is InChI=1S/C19H23NO4S/c1-5-13-12(4)25-18(16(13)19(22)24-7-3)20-17(21)14-10-8-9-11-15(14)23-6-2/h8-11H,5-7H2,1-4H3,(H,20,21). The van der Waals surface area contributed by atoms with Gasteiger partial charge in [0.2, 0.25) is 0 Å². The van der Waals surface area contributed by atoms with Gasteiger partial charge >= 0.3 is 5.97 Å². The van der Waals surface area contributed by atoms with E-state index in [0.29, 0.717) is 34.9 Å². The highest BCUT2D eigenvalue weighted by Crippen LogP contribution is 2.34. The average Bonchev–Trinajstić information content (AvgIpc) is 2.90. The molecule has 2 aromatic rings. The summed E-state index contributed by atoms with van der Waals surface area (Å²) < 4.78 is 10.7. The summed E-state index contributed by atoms with van der Waals surface area (Å²) in [7, 11) is 0. The normalized spacial score (nSPS) is 10.4. The minimum Gasteiger partial charge on any atom is -0.493 e. The van der Waals surface area contributed by atoms with Crippen molar-refractivity contribution in [2.45, 2.75) is 34.1 Å². The Bertz CT molecular complexity index is 767. The number of esters is 1. The monoisotopic (exact) mass is 361 g/mol. The van der Waals surface area contributed by atoms with Crippen LogP contribution in [0, 0.1) is 6.92 Å². The predicted molar refractivity (Wildman–Crippen MR) is 100.0 cm³/mol. The van der Waals surface area contributed by atoms with Gasteiger partial charge in [0, 0.05) is 4.88 Å². The van der Waals surface area contributed by atoms with Gasteiger partial charge in [-0.3, -0.25) is 4.79 Å². The molecule has 6 heteroatoms. The SMILES string of the molecule is CCOC(=O)c1c(NC(=O)c2ccccc2OCC)sc(C)c1CC. The molecule has 1 heterocycles. The van der Waals surface area contributed by atoms with Crippen molar-refractivity contribution in [3.8, 4) is 5.75 Å². The van der Waals surface area contributed by atoms with Crippen molar-refractivity contribution in [2.75, 3.05) is 18.5 Å². The van der Waals surface area contributed by atoms with Gasteiger partial charge < -0.3 is 14.8 Å². The van der Waals surface area contributed by atoms with Gasteiger partial charge in [0.05, 0.1) is 24.3 Å². The molecule has 0 radical (unpaired) electrons. The van der Waals surface area contributed by atoms with E-state index in [1.54, 1.807) is 25.1 Å². The summed E-state index contributed by atoms with van der Waals surface area (Å²) in [5, 5.41) is 3.38. The van der Waals surface area contributed by atoms with Crippen LogP contribution in [0.15, 0.2) is 24.3 Å². The van der Waals surface area contributed by atoms with Crippen molar-refractivity contribution < 1.29 is 19.1 Å². The number of ether oxygens (including phenoxy) is 2. The molecule has 134 valence electrons. The highest BCUT2D eigenvalue weighted by Gasteiger charge is 2.24. The molecular weight excluding hydrogens is 338 g/mol. The number of para-hydroxylation sites is 1. The minimum absolute atomic E-state index is 0.289. The van der Waals surface area contributed by atoms with Crippen LogP contribution in [0.25, 0.3) is 0 Å². The Hall–Kier alpha value is -2.34. The summed E-state index contributed by atoms with van der Waals surface area (Å²) in [5.74, 6) is -0.195. The number of rotatable bonds is 7. The van der Waals surface area contributed by atoms with E-state index in [0.717, 1.165) is 10.4 Å². The van der Waals surface area contributed by atoms with Crippen LogP contribution in [0.5, 0.6) is 5.75 Å².